The molecule has 18 heavy (non-hydrogen) atoms. The molecule has 2 fully saturated rings. The Morgan fingerprint density at radius 2 is 2.06 bits per heavy atom. The number of fused-ring (bicyclic) bond motifs is 2. The zero-order chi connectivity index (χ0) is 12.7. The van der Waals surface area contributed by atoms with Crippen molar-refractivity contribution in [1.29, 1.82) is 0 Å². The number of piperidine rings is 1. The Labute approximate surface area is 111 Å². The molecule has 2 atom stereocenters. The molecular formula is C12H18N4OS. The number of carbonyl (C=O) groups is 1. The smallest absolute Gasteiger partial charge is 0.267 e. The summed E-state index contributed by atoms with van der Waals surface area (Å²) < 4.78 is 3.84. The second kappa shape index (κ2) is 4.59. The first-order valence-electron chi connectivity index (χ1n) is 6.47. The van der Waals surface area contributed by atoms with Gasteiger partial charge in [-0.3, -0.25) is 4.79 Å². The molecule has 3 heterocycles. The molecule has 1 N–H and O–H groups in total. The van der Waals surface area contributed by atoms with Crippen LogP contribution in [-0.4, -0.2) is 45.6 Å². The van der Waals surface area contributed by atoms with E-state index in [1.165, 1.54) is 24.4 Å². The summed E-state index contributed by atoms with van der Waals surface area (Å²) in [5, 5.41) is 7.52. The lowest BCUT2D eigenvalue weighted by Crippen LogP contribution is -2.48. The van der Waals surface area contributed by atoms with Crippen LogP contribution in [0.2, 0.25) is 0 Å². The normalized spacial score (nSPS) is 30.4. The monoisotopic (exact) mass is 266 g/mol. The molecule has 98 valence electrons. The highest BCUT2D eigenvalue weighted by atomic mass is 32.1. The number of aromatic nitrogens is 2. The third-order valence-electron chi connectivity index (χ3n) is 4.16. The first kappa shape index (κ1) is 12.0. The van der Waals surface area contributed by atoms with Crippen LogP contribution in [0.3, 0.4) is 0 Å². The topological polar surface area (TPSA) is 58.1 Å². The highest BCUT2D eigenvalue weighted by Crippen LogP contribution is 2.30. The van der Waals surface area contributed by atoms with Gasteiger partial charge in [0.2, 0.25) is 0 Å². The lowest BCUT2D eigenvalue weighted by molar-refractivity contribution is 0.0685. The van der Waals surface area contributed by atoms with Crippen LogP contribution in [-0.2, 0) is 0 Å². The number of rotatable bonds is 2. The van der Waals surface area contributed by atoms with Gasteiger partial charge in [-0.1, -0.05) is 4.49 Å². The van der Waals surface area contributed by atoms with Gasteiger partial charge in [-0.15, -0.1) is 5.10 Å². The molecule has 6 heteroatoms. The zero-order valence-corrected chi connectivity index (χ0v) is 11.5. The quantitative estimate of drug-likeness (QED) is 0.874. The Hall–Kier alpha value is -1.01. The molecular weight excluding hydrogens is 248 g/mol. The van der Waals surface area contributed by atoms with E-state index in [0.29, 0.717) is 23.0 Å². The first-order chi connectivity index (χ1) is 8.65. The minimum atomic E-state index is 0.0776. The molecule has 0 aliphatic carbocycles. The number of hydrogen-bond acceptors (Lipinski definition) is 5. The number of nitrogens with zero attached hydrogens (tertiary/aromatic N) is 3. The van der Waals surface area contributed by atoms with Crippen molar-refractivity contribution in [2.24, 2.45) is 0 Å². The Bertz CT molecular complexity index is 449. The molecule has 3 rings (SSSR count). The van der Waals surface area contributed by atoms with Crippen molar-refractivity contribution in [3.8, 4) is 0 Å². The average Bonchev–Trinajstić information content (AvgIpc) is 2.93. The lowest BCUT2D eigenvalue weighted by Gasteiger charge is -2.35. The van der Waals surface area contributed by atoms with Crippen LogP contribution < -0.4 is 5.32 Å². The molecule has 2 aliphatic rings. The van der Waals surface area contributed by atoms with Crippen LogP contribution in [0.4, 0.5) is 0 Å². The van der Waals surface area contributed by atoms with Gasteiger partial charge in [-0.05, 0) is 44.1 Å². The van der Waals surface area contributed by atoms with Gasteiger partial charge >= 0.3 is 0 Å². The van der Waals surface area contributed by atoms with E-state index in [-0.39, 0.29) is 5.91 Å². The van der Waals surface area contributed by atoms with Crippen molar-refractivity contribution in [2.45, 2.75) is 50.7 Å². The van der Waals surface area contributed by atoms with E-state index in [0.717, 1.165) is 18.5 Å². The SMILES string of the molecule is Cc1nnsc1C(=O)N(C)C1CC2CCC(C1)N2. The predicted octanol–water partition coefficient (Wildman–Crippen LogP) is 1.20. The van der Waals surface area contributed by atoms with E-state index in [2.05, 4.69) is 14.9 Å². The number of hydrogen-bond donors (Lipinski definition) is 1. The van der Waals surface area contributed by atoms with Gasteiger partial charge < -0.3 is 10.2 Å². The molecule has 0 spiro atoms. The molecule has 0 radical (unpaired) electrons. The van der Waals surface area contributed by atoms with E-state index in [1.807, 2.05) is 18.9 Å². The van der Waals surface area contributed by atoms with Gasteiger partial charge in [0, 0.05) is 25.2 Å². The molecule has 0 aromatic carbocycles. The van der Waals surface area contributed by atoms with Crippen LogP contribution in [0.5, 0.6) is 0 Å². The van der Waals surface area contributed by atoms with Crippen molar-refractivity contribution in [2.75, 3.05) is 7.05 Å². The highest BCUT2D eigenvalue weighted by Gasteiger charge is 2.37. The summed E-state index contributed by atoms with van der Waals surface area (Å²) in [7, 11) is 1.91. The molecule has 2 saturated heterocycles. The Balaban J connectivity index is 1.73. The standard InChI is InChI=1S/C12H18N4OS/c1-7-11(18-15-14-7)12(17)16(2)10-5-8-3-4-9(6-10)13-8/h8-10,13H,3-6H2,1-2H3. The van der Waals surface area contributed by atoms with Crippen molar-refractivity contribution in [1.82, 2.24) is 19.8 Å². The number of amides is 1. The fraction of sp³-hybridized carbons (Fsp3) is 0.750. The summed E-state index contributed by atoms with van der Waals surface area (Å²) >= 11 is 1.20. The molecule has 1 aromatic rings. The van der Waals surface area contributed by atoms with Crippen LogP contribution in [0.15, 0.2) is 0 Å². The third-order valence-corrected chi connectivity index (χ3v) is 4.98. The largest absolute Gasteiger partial charge is 0.338 e. The zero-order valence-electron chi connectivity index (χ0n) is 10.7. The lowest BCUT2D eigenvalue weighted by atomic mass is 9.98. The number of nitrogens with one attached hydrogen (secondary N) is 1. The van der Waals surface area contributed by atoms with E-state index >= 15 is 0 Å². The van der Waals surface area contributed by atoms with Crippen LogP contribution in [0.25, 0.3) is 0 Å². The van der Waals surface area contributed by atoms with E-state index in [9.17, 15) is 4.79 Å². The third kappa shape index (κ3) is 2.03. The minimum Gasteiger partial charge on any atom is -0.338 e. The van der Waals surface area contributed by atoms with Crippen molar-refractivity contribution in [3.05, 3.63) is 10.6 Å². The van der Waals surface area contributed by atoms with Gasteiger partial charge in [0.15, 0.2) is 0 Å². The maximum Gasteiger partial charge on any atom is 0.267 e. The van der Waals surface area contributed by atoms with Gasteiger partial charge in [-0.25, -0.2) is 0 Å². The maximum absolute atomic E-state index is 12.4. The van der Waals surface area contributed by atoms with Crippen molar-refractivity contribution < 1.29 is 4.79 Å². The van der Waals surface area contributed by atoms with E-state index in [4.69, 9.17) is 0 Å². The molecule has 1 aromatic heterocycles. The van der Waals surface area contributed by atoms with Gasteiger partial charge in [0.1, 0.15) is 4.88 Å². The summed E-state index contributed by atoms with van der Waals surface area (Å²) in [5.74, 6) is 0.0776. The number of carbonyl (C=O) groups excluding carboxylic acids is 1. The highest BCUT2D eigenvalue weighted by molar-refractivity contribution is 7.07. The Kier molecular flexibility index (Phi) is 3.07. The summed E-state index contributed by atoms with van der Waals surface area (Å²) in [4.78, 5) is 15.0. The maximum atomic E-state index is 12.4. The molecule has 5 nitrogen and oxygen atoms in total. The van der Waals surface area contributed by atoms with Crippen LogP contribution in [0.1, 0.15) is 41.0 Å². The van der Waals surface area contributed by atoms with Gasteiger partial charge in [-0.2, -0.15) is 0 Å². The van der Waals surface area contributed by atoms with Crippen molar-refractivity contribution >= 4 is 17.4 Å². The molecule has 2 bridgehead atoms. The summed E-state index contributed by atoms with van der Waals surface area (Å²) in [5.41, 5.74) is 0.744. The van der Waals surface area contributed by atoms with Gasteiger partial charge in [0.25, 0.3) is 5.91 Å². The first-order valence-corrected chi connectivity index (χ1v) is 7.24. The average molecular weight is 266 g/mol. The number of aryl methyl sites for hydroxylation is 1. The molecule has 1 amide bonds. The summed E-state index contributed by atoms with van der Waals surface area (Å²) in [6, 6.07) is 1.56. The molecule has 0 saturated carbocycles. The van der Waals surface area contributed by atoms with Gasteiger partial charge in [0.05, 0.1) is 5.69 Å². The molecule has 2 aliphatic heterocycles. The summed E-state index contributed by atoms with van der Waals surface area (Å²) in [6.07, 6.45) is 4.66. The second-order valence-electron chi connectivity index (χ2n) is 5.37. The second-order valence-corrected chi connectivity index (χ2v) is 6.12. The van der Waals surface area contributed by atoms with E-state index < -0.39 is 0 Å². The Morgan fingerprint density at radius 3 is 2.61 bits per heavy atom. The van der Waals surface area contributed by atoms with E-state index in [1.54, 1.807) is 0 Å². The molecule has 2 unspecified atom stereocenters. The van der Waals surface area contributed by atoms with Crippen LogP contribution >= 0.6 is 11.5 Å². The Morgan fingerprint density at radius 1 is 1.39 bits per heavy atom. The van der Waals surface area contributed by atoms with Crippen molar-refractivity contribution in [3.63, 3.8) is 0 Å². The summed E-state index contributed by atoms with van der Waals surface area (Å²) in [6.45, 7) is 1.84. The minimum absolute atomic E-state index is 0.0776. The predicted molar refractivity (Wildman–Crippen MR) is 69.7 cm³/mol. The fourth-order valence-corrected chi connectivity index (χ4v) is 3.74. The van der Waals surface area contributed by atoms with Crippen LogP contribution in [0, 0.1) is 6.92 Å². The fourth-order valence-electron chi connectivity index (χ4n) is 3.10.